The summed E-state index contributed by atoms with van der Waals surface area (Å²) in [7, 11) is -6.87. The number of ether oxygens (including phenoxy) is 1. The molecule has 0 amide bonds. The molecular weight excluding hydrogens is 649 g/mol. The number of aryl methyl sites for hydroxylation is 1. The van der Waals surface area contributed by atoms with Gasteiger partial charge in [-0.3, -0.25) is 9.05 Å². The maximum atomic E-state index is 13.3. The topological polar surface area (TPSA) is 132 Å². The molecule has 11 nitrogen and oxygen atoms in total. The summed E-state index contributed by atoms with van der Waals surface area (Å²) in [4.78, 5) is 9.12. The van der Waals surface area contributed by atoms with E-state index in [-0.39, 0.29) is 33.7 Å². The Kier molecular flexibility index (Phi) is 12.1. The van der Waals surface area contributed by atoms with Gasteiger partial charge in [-0.1, -0.05) is 23.7 Å². The van der Waals surface area contributed by atoms with Gasteiger partial charge in [-0.2, -0.15) is 4.98 Å². The molecule has 1 aliphatic rings. The smallest absolute Gasteiger partial charge is 0.408 e. The van der Waals surface area contributed by atoms with Gasteiger partial charge in [0, 0.05) is 13.1 Å². The summed E-state index contributed by atoms with van der Waals surface area (Å²) in [6.45, 7) is 14.7. The van der Waals surface area contributed by atoms with Crippen LogP contribution in [0.1, 0.15) is 71.4 Å². The Hall–Kier alpha value is -2.73. The van der Waals surface area contributed by atoms with Crippen LogP contribution in [0.5, 0.6) is 5.75 Å². The van der Waals surface area contributed by atoms with Crippen LogP contribution in [-0.2, 0) is 23.4 Å². The fourth-order valence-electron chi connectivity index (χ4n) is 5.38. The van der Waals surface area contributed by atoms with Crippen LogP contribution in [-0.4, -0.2) is 60.7 Å². The molecule has 1 fully saturated rings. The lowest BCUT2D eigenvalue weighted by atomic mass is 9.87. The standard InChI is InChI=1S/C32H45ClN5O6PS/c1-8-42-45(39,43-9-2)38-16-14-24(15-17-38)25-19-29(44-21(3)4)28(18-23(25)7)36-32-34-20-26(33)31(37-32)35-27-12-10-11-13-30(27)46(40,41)22(5)6/h10-13,18-22,24H,8-9,14-17H2,1-7H3,(H2,34,35,36,37). The first-order valence-corrected chi connectivity index (χ1v) is 19.1. The molecule has 1 aromatic heterocycles. The van der Waals surface area contributed by atoms with E-state index >= 15 is 0 Å². The van der Waals surface area contributed by atoms with Gasteiger partial charge in [-0.05, 0) is 103 Å². The van der Waals surface area contributed by atoms with E-state index in [0.29, 0.717) is 43.4 Å². The molecular formula is C32H45ClN5O6PS. The number of para-hydroxylation sites is 1. The SMILES string of the molecule is CCOP(=O)(OCC)N1CCC(c2cc(OC(C)C)c(Nc3ncc(Cl)c(Nc4ccccc4S(=O)(=O)C(C)C)n3)cc2C)CC1. The molecule has 0 atom stereocenters. The molecule has 4 rings (SSSR count). The van der Waals surface area contributed by atoms with Crippen molar-refractivity contribution in [1.82, 2.24) is 14.6 Å². The zero-order valence-corrected chi connectivity index (χ0v) is 30.0. The van der Waals surface area contributed by atoms with Crippen LogP contribution in [0.25, 0.3) is 0 Å². The molecule has 2 N–H and O–H groups in total. The van der Waals surface area contributed by atoms with Crippen molar-refractivity contribution in [3.63, 3.8) is 0 Å². The number of hydrogen-bond acceptors (Lipinski definition) is 10. The summed E-state index contributed by atoms with van der Waals surface area (Å²) >= 11 is 6.46. The number of benzene rings is 2. The Morgan fingerprint density at radius 2 is 1.67 bits per heavy atom. The van der Waals surface area contributed by atoms with Crippen LogP contribution in [0, 0.1) is 6.92 Å². The predicted octanol–water partition coefficient (Wildman–Crippen LogP) is 8.26. The van der Waals surface area contributed by atoms with E-state index < -0.39 is 22.8 Å². The fourth-order valence-corrected chi connectivity index (χ4v) is 8.49. The first-order valence-electron chi connectivity index (χ1n) is 15.6. The van der Waals surface area contributed by atoms with Crippen LogP contribution in [0.2, 0.25) is 5.02 Å². The average molecular weight is 694 g/mol. The number of nitrogens with zero attached hydrogens (tertiary/aromatic N) is 3. The summed E-state index contributed by atoms with van der Waals surface area (Å²) in [5.74, 6) is 1.40. The van der Waals surface area contributed by atoms with E-state index in [9.17, 15) is 13.0 Å². The van der Waals surface area contributed by atoms with Gasteiger partial charge in [0.05, 0.1) is 47.0 Å². The van der Waals surface area contributed by atoms with Crippen LogP contribution < -0.4 is 15.4 Å². The van der Waals surface area contributed by atoms with Crippen molar-refractivity contribution in [1.29, 1.82) is 0 Å². The first-order chi connectivity index (χ1) is 21.8. The van der Waals surface area contributed by atoms with E-state index in [1.54, 1.807) is 38.1 Å². The highest BCUT2D eigenvalue weighted by molar-refractivity contribution is 7.92. The second-order valence-electron chi connectivity index (χ2n) is 11.6. The van der Waals surface area contributed by atoms with Crippen molar-refractivity contribution in [2.24, 2.45) is 0 Å². The third-order valence-corrected chi connectivity index (χ3v) is 12.4. The lowest BCUT2D eigenvalue weighted by molar-refractivity contribution is 0.154. The molecule has 1 saturated heterocycles. The van der Waals surface area contributed by atoms with Crippen LogP contribution in [0.15, 0.2) is 47.5 Å². The molecule has 14 heteroatoms. The normalized spacial score (nSPS) is 15.0. The largest absolute Gasteiger partial charge is 0.489 e. The molecule has 0 unspecified atom stereocenters. The van der Waals surface area contributed by atoms with Gasteiger partial charge in [-0.25, -0.2) is 22.6 Å². The van der Waals surface area contributed by atoms with Gasteiger partial charge in [0.2, 0.25) is 5.95 Å². The zero-order chi connectivity index (χ0) is 33.6. The molecule has 0 saturated carbocycles. The molecule has 3 aromatic rings. The van der Waals surface area contributed by atoms with Gasteiger partial charge in [0.25, 0.3) is 0 Å². The number of aromatic nitrogens is 2. The minimum atomic E-state index is -3.56. The minimum absolute atomic E-state index is 0.0935. The number of rotatable bonds is 14. The summed E-state index contributed by atoms with van der Waals surface area (Å²) in [6, 6.07) is 10.7. The van der Waals surface area contributed by atoms with Crippen LogP contribution in [0.3, 0.4) is 0 Å². The van der Waals surface area contributed by atoms with Crippen molar-refractivity contribution in [3.05, 3.63) is 58.7 Å². The monoisotopic (exact) mass is 693 g/mol. The Morgan fingerprint density at radius 3 is 2.28 bits per heavy atom. The third kappa shape index (κ3) is 8.40. The van der Waals surface area contributed by atoms with Gasteiger partial charge in [-0.15, -0.1) is 0 Å². The average Bonchev–Trinajstić information content (AvgIpc) is 3.00. The van der Waals surface area contributed by atoms with E-state index in [0.717, 1.165) is 24.0 Å². The molecule has 2 heterocycles. The van der Waals surface area contributed by atoms with Crippen molar-refractivity contribution >= 4 is 52.3 Å². The summed E-state index contributed by atoms with van der Waals surface area (Å²) in [5, 5.41) is 6.01. The van der Waals surface area contributed by atoms with E-state index in [2.05, 4.69) is 33.6 Å². The molecule has 252 valence electrons. The summed E-state index contributed by atoms with van der Waals surface area (Å²) < 4.78 is 58.5. The van der Waals surface area contributed by atoms with Gasteiger partial charge in [0.1, 0.15) is 10.8 Å². The number of halogens is 1. The number of sulfone groups is 1. The Morgan fingerprint density at radius 1 is 1.02 bits per heavy atom. The van der Waals surface area contributed by atoms with E-state index in [1.807, 2.05) is 38.4 Å². The third-order valence-electron chi connectivity index (χ3n) is 7.63. The van der Waals surface area contributed by atoms with Crippen molar-refractivity contribution in [2.75, 3.05) is 36.9 Å². The Bertz CT molecular complexity index is 1650. The molecule has 0 bridgehead atoms. The highest BCUT2D eigenvalue weighted by Gasteiger charge is 2.36. The highest BCUT2D eigenvalue weighted by atomic mass is 35.5. The second-order valence-corrected chi connectivity index (χ2v) is 16.5. The first kappa shape index (κ1) is 36.1. The second kappa shape index (κ2) is 15.4. The summed E-state index contributed by atoms with van der Waals surface area (Å²) in [6.07, 6.45) is 2.95. The molecule has 1 aliphatic heterocycles. The Balaban J connectivity index is 1.59. The lowest BCUT2D eigenvalue weighted by Crippen LogP contribution is -2.32. The van der Waals surface area contributed by atoms with Crippen LogP contribution >= 0.6 is 19.3 Å². The number of anilines is 4. The molecule has 0 aliphatic carbocycles. The maximum absolute atomic E-state index is 13.3. The van der Waals surface area contributed by atoms with Gasteiger partial charge >= 0.3 is 7.75 Å². The van der Waals surface area contributed by atoms with Gasteiger partial charge in [0.15, 0.2) is 15.7 Å². The van der Waals surface area contributed by atoms with E-state index in [4.69, 9.17) is 25.4 Å². The van der Waals surface area contributed by atoms with E-state index in [1.165, 1.54) is 6.20 Å². The number of nitrogens with one attached hydrogen (secondary N) is 2. The number of hydrogen-bond donors (Lipinski definition) is 2. The van der Waals surface area contributed by atoms with Crippen molar-refractivity contribution in [3.8, 4) is 5.75 Å². The number of piperidine rings is 1. The fraction of sp³-hybridized carbons (Fsp3) is 0.500. The maximum Gasteiger partial charge on any atom is 0.408 e. The summed E-state index contributed by atoms with van der Waals surface area (Å²) in [5.41, 5.74) is 3.28. The molecule has 0 radical (unpaired) electrons. The molecule has 2 aromatic carbocycles. The van der Waals surface area contributed by atoms with Crippen molar-refractivity contribution < 1.29 is 26.8 Å². The van der Waals surface area contributed by atoms with Gasteiger partial charge < -0.3 is 15.4 Å². The Labute approximate surface area is 277 Å². The zero-order valence-electron chi connectivity index (χ0n) is 27.5. The highest BCUT2D eigenvalue weighted by Crippen LogP contribution is 2.54. The quantitative estimate of drug-likeness (QED) is 0.158. The minimum Gasteiger partial charge on any atom is -0.489 e. The molecule has 0 spiro atoms. The molecule has 46 heavy (non-hydrogen) atoms. The predicted molar refractivity (Wildman–Crippen MR) is 184 cm³/mol. The van der Waals surface area contributed by atoms with Crippen LogP contribution in [0.4, 0.5) is 23.1 Å². The lowest BCUT2D eigenvalue weighted by Gasteiger charge is -2.36. The van der Waals surface area contributed by atoms with Crippen molar-refractivity contribution in [2.45, 2.75) is 83.5 Å².